The van der Waals surface area contributed by atoms with Crippen molar-refractivity contribution < 1.29 is 14.7 Å². The Kier molecular flexibility index (Phi) is 4.66. The van der Waals surface area contributed by atoms with Crippen LogP contribution in [-0.4, -0.2) is 41.1 Å². The van der Waals surface area contributed by atoms with E-state index in [2.05, 4.69) is 12.2 Å². The molecule has 2 aliphatic rings. The molecule has 0 radical (unpaired) electrons. The highest BCUT2D eigenvalue weighted by Gasteiger charge is 2.35. The number of urea groups is 1. The van der Waals surface area contributed by atoms with Crippen LogP contribution in [0.5, 0.6) is 0 Å². The van der Waals surface area contributed by atoms with Crippen LogP contribution in [0.1, 0.15) is 45.4 Å². The Morgan fingerprint density at radius 3 is 2.47 bits per heavy atom. The molecule has 1 unspecified atom stereocenters. The second kappa shape index (κ2) is 6.26. The number of hydrogen-bond donors (Lipinski definition) is 2. The third-order valence-corrected chi connectivity index (χ3v) is 3.85. The molecule has 0 aromatic heterocycles. The number of rotatable bonds is 8. The summed E-state index contributed by atoms with van der Waals surface area (Å²) in [5, 5.41) is 11.8. The Hall–Kier alpha value is -1.26. The Bertz CT molecular complexity index is 338. The van der Waals surface area contributed by atoms with Crippen molar-refractivity contribution in [2.75, 3.05) is 13.1 Å². The zero-order valence-electron chi connectivity index (χ0n) is 11.6. The monoisotopic (exact) mass is 268 g/mol. The van der Waals surface area contributed by atoms with Gasteiger partial charge in [-0.2, -0.15) is 0 Å². The number of carboxylic acids is 1. The average molecular weight is 268 g/mol. The zero-order chi connectivity index (χ0) is 13.8. The molecule has 0 saturated heterocycles. The molecule has 2 aliphatic carbocycles. The van der Waals surface area contributed by atoms with E-state index in [1.807, 2.05) is 4.90 Å². The summed E-state index contributed by atoms with van der Waals surface area (Å²) in [6.07, 6.45) is 5.49. The van der Waals surface area contributed by atoms with E-state index in [1.54, 1.807) is 0 Å². The molecule has 108 valence electrons. The van der Waals surface area contributed by atoms with E-state index in [0.29, 0.717) is 11.8 Å². The summed E-state index contributed by atoms with van der Waals surface area (Å²) in [7, 11) is 0. The predicted octanol–water partition coefficient (Wildman–Crippen LogP) is 2.07. The van der Waals surface area contributed by atoms with Crippen LogP contribution in [0.25, 0.3) is 0 Å². The highest BCUT2D eigenvalue weighted by atomic mass is 16.4. The lowest BCUT2D eigenvalue weighted by molar-refractivity contribution is -0.137. The van der Waals surface area contributed by atoms with Crippen molar-refractivity contribution in [2.24, 2.45) is 11.8 Å². The number of hydrogen-bond acceptors (Lipinski definition) is 2. The van der Waals surface area contributed by atoms with Crippen LogP contribution in [0.15, 0.2) is 0 Å². The first kappa shape index (κ1) is 14.2. The Morgan fingerprint density at radius 2 is 2.00 bits per heavy atom. The smallest absolute Gasteiger partial charge is 0.317 e. The van der Waals surface area contributed by atoms with Crippen molar-refractivity contribution in [1.29, 1.82) is 0 Å². The number of carbonyl (C=O) groups is 2. The number of aliphatic carboxylic acids is 1. The maximum atomic E-state index is 12.2. The third kappa shape index (κ3) is 4.73. The van der Waals surface area contributed by atoms with Gasteiger partial charge in [-0.25, -0.2) is 4.79 Å². The van der Waals surface area contributed by atoms with Crippen molar-refractivity contribution in [3.63, 3.8) is 0 Å². The summed E-state index contributed by atoms with van der Waals surface area (Å²) in [6.45, 7) is 3.64. The number of amides is 2. The number of carbonyl (C=O) groups excluding carboxylic acids is 1. The second-order valence-corrected chi connectivity index (χ2v) is 5.88. The number of carboxylic acid groups (broad SMARTS) is 1. The molecule has 0 aromatic rings. The zero-order valence-corrected chi connectivity index (χ0v) is 11.6. The topological polar surface area (TPSA) is 69.6 Å². The maximum absolute atomic E-state index is 12.2. The Labute approximate surface area is 114 Å². The van der Waals surface area contributed by atoms with Gasteiger partial charge in [0.1, 0.15) is 0 Å². The van der Waals surface area contributed by atoms with Crippen LogP contribution in [0, 0.1) is 11.8 Å². The maximum Gasteiger partial charge on any atom is 0.317 e. The van der Waals surface area contributed by atoms with Gasteiger partial charge in [-0.05, 0) is 43.9 Å². The molecule has 0 spiro atoms. The molecule has 5 nitrogen and oxygen atoms in total. The van der Waals surface area contributed by atoms with Crippen LogP contribution in [-0.2, 0) is 4.79 Å². The summed E-state index contributed by atoms with van der Waals surface area (Å²) >= 11 is 0. The molecule has 2 fully saturated rings. The van der Waals surface area contributed by atoms with Gasteiger partial charge in [0.25, 0.3) is 0 Å². The van der Waals surface area contributed by atoms with E-state index in [4.69, 9.17) is 5.11 Å². The molecule has 0 heterocycles. The molecule has 2 amide bonds. The van der Waals surface area contributed by atoms with E-state index >= 15 is 0 Å². The normalized spacial score (nSPS) is 19.8. The molecule has 2 saturated carbocycles. The molecular formula is C14H24N2O3. The van der Waals surface area contributed by atoms with Gasteiger partial charge in [0, 0.05) is 19.1 Å². The lowest BCUT2D eigenvalue weighted by Gasteiger charge is -2.25. The first-order valence-electron chi connectivity index (χ1n) is 7.37. The fraction of sp³-hybridized carbons (Fsp3) is 0.857. The Morgan fingerprint density at radius 1 is 1.32 bits per heavy atom. The molecule has 2 rings (SSSR count). The van der Waals surface area contributed by atoms with Gasteiger partial charge in [-0.3, -0.25) is 4.79 Å². The standard InChI is InChI=1S/C14H24N2O3/c1-2-7-16(9-10-3-4-10)14(19)15-12(8-13(17)18)11-5-6-11/h10-12H,2-9H2,1H3,(H,15,19)(H,17,18). The fourth-order valence-electron chi connectivity index (χ4n) is 2.43. The van der Waals surface area contributed by atoms with E-state index in [1.165, 1.54) is 12.8 Å². The van der Waals surface area contributed by atoms with E-state index in [-0.39, 0.29) is 18.5 Å². The van der Waals surface area contributed by atoms with Crippen LogP contribution in [0.3, 0.4) is 0 Å². The van der Waals surface area contributed by atoms with E-state index in [9.17, 15) is 9.59 Å². The first-order chi connectivity index (χ1) is 9.10. The molecule has 19 heavy (non-hydrogen) atoms. The van der Waals surface area contributed by atoms with Gasteiger partial charge in [-0.15, -0.1) is 0 Å². The molecule has 0 bridgehead atoms. The number of nitrogens with one attached hydrogen (secondary N) is 1. The van der Waals surface area contributed by atoms with Gasteiger partial charge in [0.2, 0.25) is 0 Å². The van der Waals surface area contributed by atoms with Crippen molar-refractivity contribution in [3.8, 4) is 0 Å². The molecular weight excluding hydrogens is 244 g/mol. The van der Waals surface area contributed by atoms with Gasteiger partial charge in [0.05, 0.1) is 6.42 Å². The van der Waals surface area contributed by atoms with Crippen molar-refractivity contribution >= 4 is 12.0 Å². The number of nitrogens with zero attached hydrogens (tertiary/aromatic N) is 1. The van der Waals surface area contributed by atoms with Crippen LogP contribution in [0.2, 0.25) is 0 Å². The lowest BCUT2D eigenvalue weighted by atomic mass is 10.1. The predicted molar refractivity (Wildman–Crippen MR) is 71.9 cm³/mol. The summed E-state index contributed by atoms with van der Waals surface area (Å²) in [4.78, 5) is 24.9. The second-order valence-electron chi connectivity index (χ2n) is 5.88. The summed E-state index contributed by atoms with van der Waals surface area (Å²) < 4.78 is 0. The van der Waals surface area contributed by atoms with E-state index in [0.717, 1.165) is 32.4 Å². The van der Waals surface area contributed by atoms with Crippen molar-refractivity contribution in [3.05, 3.63) is 0 Å². The highest BCUT2D eigenvalue weighted by molar-refractivity contribution is 5.76. The summed E-state index contributed by atoms with van der Waals surface area (Å²) in [5.74, 6) is 0.196. The minimum Gasteiger partial charge on any atom is -0.481 e. The van der Waals surface area contributed by atoms with Crippen LogP contribution >= 0.6 is 0 Å². The largest absolute Gasteiger partial charge is 0.481 e. The van der Waals surface area contributed by atoms with E-state index < -0.39 is 5.97 Å². The van der Waals surface area contributed by atoms with Crippen LogP contribution < -0.4 is 5.32 Å². The molecule has 5 heteroatoms. The van der Waals surface area contributed by atoms with Crippen molar-refractivity contribution in [1.82, 2.24) is 10.2 Å². The van der Waals surface area contributed by atoms with Crippen molar-refractivity contribution in [2.45, 2.75) is 51.5 Å². The Balaban J connectivity index is 1.85. The molecule has 0 aliphatic heterocycles. The third-order valence-electron chi connectivity index (χ3n) is 3.85. The minimum absolute atomic E-state index is 0.0415. The van der Waals surface area contributed by atoms with Crippen LogP contribution in [0.4, 0.5) is 4.79 Å². The van der Waals surface area contributed by atoms with Gasteiger partial charge < -0.3 is 15.3 Å². The average Bonchev–Trinajstić information content (AvgIpc) is 3.20. The summed E-state index contributed by atoms with van der Waals surface area (Å²) in [6, 6.07) is -0.268. The molecule has 2 N–H and O–H groups in total. The summed E-state index contributed by atoms with van der Waals surface area (Å²) in [5.41, 5.74) is 0. The van der Waals surface area contributed by atoms with Gasteiger partial charge in [-0.1, -0.05) is 6.92 Å². The lowest BCUT2D eigenvalue weighted by Crippen LogP contribution is -2.47. The molecule has 0 aromatic carbocycles. The minimum atomic E-state index is -0.832. The fourth-order valence-corrected chi connectivity index (χ4v) is 2.43. The first-order valence-corrected chi connectivity index (χ1v) is 7.37. The van der Waals surface area contributed by atoms with Gasteiger partial charge >= 0.3 is 12.0 Å². The molecule has 1 atom stereocenters. The quantitative estimate of drug-likeness (QED) is 0.708. The van der Waals surface area contributed by atoms with Gasteiger partial charge in [0.15, 0.2) is 0 Å². The highest BCUT2D eigenvalue weighted by Crippen LogP contribution is 2.34. The SMILES string of the molecule is CCCN(CC1CC1)C(=O)NC(CC(=O)O)C1CC1.